The summed E-state index contributed by atoms with van der Waals surface area (Å²) < 4.78 is 5.48. The van der Waals surface area contributed by atoms with Gasteiger partial charge in [-0.2, -0.15) is 0 Å². The number of carbonyl (C=O) groups is 2. The van der Waals surface area contributed by atoms with Gasteiger partial charge in [-0.25, -0.2) is 4.79 Å². The zero-order valence-corrected chi connectivity index (χ0v) is 12.1. The van der Waals surface area contributed by atoms with Crippen LogP contribution in [0.4, 0.5) is 0 Å². The summed E-state index contributed by atoms with van der Waals surface area (Å²) in [6.45, 7) is 5.45. The molecular weight excluding hydrogens is 268 g/mol. The largest absolute Gasteiger partial charge is 0.454 e. The van der Waals surface area contributed by atoms with E-state index in [1.54, 1.807) is 31.2 Å². The van der Waals surface area contributed by atoms with Gasteiger partial charge in [-0.1, -0.05) is 37.8 Å². The van der Waals surface area contributed by atoms with Crippen molar-refractivity contribution in [3.05, 3.63) is 48.6 Å². The molecule has 0 heterocycles. The Morgan fingerprint density at radius 1 is 1.48 bits per heavy atom. The summed E-state index contributed by atoms with van der Waals surface area (Å²) in [5.41, 5.74) is -0.383. The summed E-state index contributed by atoms with van der Waals surface area (Å²) in [7, 11) is 0. The fourth-order valence-corrected chi connectivity index (χ4v) is 2.79. The molecule has 0 radical (unpaired) electrons. The van der Waals surface area contributed by atoms with Crippen LogP contribution in [0.25, 0.3) is 0 Å². The maximum Gasteiger partial charge on any atom is 0.338 e. The van der Waals surface area contributed by atoms with Crippen molar-refractivity contribution in [3.63, 3.8) is 0 Å². The second-order valence-corrected chi connectivity index (χ2v) is 5.66. The van der Waals surface area contributed by atoms with Gasteiger partial charge < -0.3 is 9.84 Å². The van der Waals surface area contributed by atoms with Gasteiger partial charge in [-0.3, -0.25) is 4.79 Å². The smallest absolute Gasteiger partial charge is 0.338 e. The number of ketones is 1. The van der Waals surface area contributed by atoms with Gasteiger partial charge in [0, 0.05) is 11.8 Å². The highest BCUT2D eigenvalue weighted by molar-refractivity contribution is 5.89. The number of hydrogen-bond acceptors (Lipinski definition) is 4. The number of rotatable bonds is 4. The molecule has 1 aromatic carbocycles. The maximum absolute atomic E-state index is 12.2. The van der Waals surface area contributed by atoms with E-state index in [0.717, 1.165) is 0 Å². The maximum atomic E-state index is 12.2. The Morgan fingerprint density at radius 3 is 2.76 bits per heavy atom. The van der Waals surface area contributed by atoms with Crippen LogP contribution in [0.3, 0.4) is 0 Å². The summed E-state index contributed by atoms with van der Waals surface area (Å²) >= 11 is 0. The van der Waals surface area contributed by atoms with Crippen molar-refractivity contribution >= 4 is 11.8 Å². The molecule has 0 aromatic heterocycles. The molecule has 2 rings (SSSR count). The van der Waals surface area contributed by atoms with Crippen LogP contribution in [0.5, 0.6) is 0 Å². The molecule has 0 saturated heterocycles. The highest BCUT2D eigenvalue weighted by Gasteiger charge is 2.47. The molecule has 1 saturated carbocycles. The minimum Gasteiger partial charge on any atom is -0.454 e. The van der Waals surface area contributed by atoms with Gasteiger partial charge in [0.15, 0.2) is 5.78 Å². The lowest BCUT2D eigenvalue weighted by Crippen LogP contribution is -2.50. The van der Waals surface area contributed by atoms with Crippen molar-refractivity contribution in [2.45, 2.75) is 38.4 Å². The number of Topliss-reactive ketones (excluding diaryl/α,β-unsaturated/α-hetero) is 1. The van der Waals surface area contributed by atoms with Gasteiger partial charge in [0.1, 0.15) is 12.2 Å². The topological polar surface area (TPSA) is 63.6 Å². The van der Waals surface area contributed by atoms with Crippen LogP contribution >= 0.6 is 0 Å². The number of esters is 1. The van der Waals surface area contributed by atoms with Crippen LogP contribution in [0, 0.1) is 5.41 Å². The van der Waals surface area contributed by atoms with E-state index in [1.807, 2.05) is 6.07 Å². The fourth-order valence-electron chi connectivity index (χ4n) is 2.79. The molecule has 4 heteroatoms. The predicted octanol–water partition coefficient (Wildman–Crippen LogP) is 2.52. The SMILES string of the molecule is C=CC(OC(=O)c1ccccc1)[C@]1(C)CCCC(=O)[C@H]1O. The monoisotopic (exact) mass is 288 g/mol. The van der Waals surface area contributed by atoms with Gasteiger partial charge >= 0.3 is 5.97 Å². The minimum absolute atomic E-state index is 0.202. The summed E-state index contributed by atoms with van der Waals surface area (Å²) in [6, 6.07) is 8.63. The van der Waals surface area contributed by atoms with Crippen LogP contribution in [0.2, 0.25) is 0 Å². The molecule has 0 bridgehead atoms. The molecule has 1 aromatic rings. The molecule has 0 aliphatic heterocycles. The molecular formula is C17H20O4. The van der Waals surface area contributed by atoms with E-state index >= 15 is 0 Å². The van der Waals surface area contributed by atoms with E-state index < -0.39 is 23.6 Å². The third-order valence-corrected chi connectivity index (χ3v) is 4.18. The average Bonchev–Trinajstić information content (AvgIpc) is 2.50. The number of carbonyl (C=O) groups excluding carboxylic acids is 2. The lowest BCUT2D eigenvalue weighted by atomic mass is 9.69. The Labute approximate surface area is 124 Å². The first-order chi connectivity index (χ1) is 9.99. The fraction of sp³-hybridized carbons (Fsp3) is 0.412. The van der Waals surface area contributed by atoms with Crippen molar-refractivity contribution in [3.8, 4) is 0 Å². The van der Waals surface area contributed by atoms with Gasteiger partial charge in [0.05, 0.1) is 5.56 Å². The van der Waals surface area contributed by atoms with Gasteiger partial charge in [-0.05, 0) is 25.0 Å². The Bertz CT molecular complexity index is 537. The molecule has 4 nitrogen and oxygen atoms in total. The number of aliphatic hydroxyl groups is 1. The second-order valence-electron chi connectivity index (χ2n) is 5.66. The molecule has 1 unspecified atom stereocenters. The van der Waals surface area contributed by atoms with Crippen LogP contribution in [-0.4, -0.2) is 29.1 Å². The predicted molar refractivity (Wildman–Crippen MR) is 78.8 cm³/mol. The first-order valence-corrected chi connectivity index (χ1v) is 7.08. The lowest BCUT2D eigenvalue weighted by molar-refractivity contribution is -0.144. The van der Waals surface area contributed by atoms with E-state index in [4.69, 9.17) is 4.74 Å². The van der Waals surface area contributed by atoms with Gasteiger partial charge in [0.25, 0.3) is 0 Å². The Balaban J connectivity index is 2.18. The van der Waals surface area contributed by atoms with Crippen LogP contribution in [-0.2, 0) is 9.53 Å². The summed E-state index contributed by atoms with van der Waals surface area (Å²) in [4.78, 5) is 23.9. The van der Waals surface area contributed by atoms with Crippen molar-refractivity contribution in [1.82, 2.24) is 0 Å². The summed E-state index contributed by atoms with van der Waals surface area (Å²) in [5.74, 6) is -0.682. The number of benzene rings is 1. The Kier molecular flexibility index (Phi) is 4.58. The quantitative estimate of drug-likeness (QED) is 0.683. The van der Waals surface area contributed by atoms with Crippen molar-refractivity contribution in [1.29, 1.82) is 0 Å². The van der Waals surface area contributed by atoms with Crippen molar-refractivity contribution in [2.75, 3.05) is 0 Å². The van der Waals surface area contributed by atoms with E-state index in [-0.39, 0.29) is 5.78 Å². The number of aliphatic hydroxyl groups excluding tert-OH is 1. The normalized spacial score (nSPS) is 27.0. The van der Waals surface area contributed by atoms with E-state index in [2.05, 4.69) is 6.58 Å². The Hall–Kier alpha value is -1.94. The molecule has 3 atom stereocenters. The minimum atomic E-state index is -1.13. The third kappa shape index (κ3) is 3.05. The molecule has 1 aliphatic rings. The second kappa shape index (κ2) is 6.22. The molecule has 0 spiro atoms. The van der Waals surface area contributed by atoms with Crippen LogP contribution in [0.1, 0.15) is 36.5 Å². The van der Waals surface area contributed by atoms with Crippen LogP contribution < -0.4 is 0 Å². The van der Waals surface area contributed by atoms with Crippen molar-refractivity contribution in [2.24, 2.45) is 5.41 Å². The molecule has 1 aliphatic carbocycles. The highest BCUT2D eigenvalue weighted by Crippen LogP contribution is 2.39. The Morgan fingerprint density at radius 2 is 2.14 bits per heavy atom. The molecule has 1 N–H and O–H groups in total. The van der Waals surface area contributed by atoms with Gasteiger partial charge in [0.2, 0.25) is 0 Å². The van der Waals surface area contributed by atoms with Crippen LogP contribution in [0.15, 0.2) is 43.0 Å². The highest BCUT2D eigenvalue weighted by atomic mass is 16.5. The molecule has 21 heavy (non-hydrogen) atoms. The first kappa shape index (κ1) is 15.4. The summed E-state index contributed by atoms with van der Waals surface area (Å²) in [5, 5.41) is 10.2. The van der Waals surface area contributed by atoms with E-state index in [9.17, 15) is 14.7 Å². The lowest BCUT2D eigenvalue weighted by Gasteiger charge is -2.41. The average molecular weight is 288 g/mol. The zero-order valence-electron chi connectivity index (χ0n) is 12.1. The zero-order chi connectivity index (χ0) is 15.5. The summed E-state index contributed by atoms with van der Waals surface area (Å²) in [6.07, 6.45) is 1.32. The van der Waals surface area contributed by atoms with E-state index in [0.29, 0.717) is 24.8 Å². The van der Waals surface area contributed by atoms with Gasteiger partial charge in [-0.15, -0.1) is 0 Å². The molecule has 1 fully saturated rings. The first-order valence-electron chi connectivity index (χ1n) is 7.08. The third-order valence-electron chi connectivity index (χ3n) is 4.18. The van der Waals surface area contributed by atoms with E-state index in [1.165, 1.54) is 6.08 Å². The number of hydrogen-bond donors (Lipinski definition) is 1. The molecule has 0 amide bonds. The molecule has 112 valence electrons. The standard InChI is InChI=1S/C17H20O4/c1-3-14(17(2)11-7-10-13(18)15(17)19)21-16(20)12-8-5-4-6-9-12/h3-6,8-9,14-15,19H,1,7,10-11H2,2H3/t14?,15-,17+/m1/s1. The van der Waals surface area contributed by atoms with Crippen molar-refractivity contribution < 1.29 is 19.4 Å². The number of ether oxygens (including phenoxy) is 1.